The number of hydrogen-bond donors (Lipinski definition) is 1. The van der Waals surface area contributed by atoms with Gasteiger partial charge in [-0.3, -0.25) is 32.9 Å². The molecule has 0 aromatic rings. The van der Waals surface area contributed by atoms with Crippen LogP contribution in [0, 0.1) is 23.7 Å². The molecular weight excluding hydrogens is 457 g/mol. The maximum atomic E-state index is 13.1. The summed E-state index contributed by atoms with van der Waals surface area (Å²) < 4.78 is 40.4. The predicted molar refractivity (Wildman–Crippen MR) is 112 cm³/mol. The SMILES string of the molecule is C#C[C@]1(C)[C@@H]2O[P@@](=O)(OCCC(CO)C(=O)OC(C)C)OC[C@H]2O[C@H]1N1C=CC(=O)CC1=O. The van der Waals surface area contributed by atoms with Crippen LogP contribution in [0.25, 0.3) is 0 Å². The van der Waals surface area contributed by atoms with Crippen LogP contribution in [0.15, 0.2) is 12.3 Å². The molecule has 6 atom stereocenters. The molecular formula is C21H28NO10P. The van der Waals surface area contributed by atoms with Gasteiger partial charge in [-0.2, -0.15) is 0 Å². The Morgan fingerprint density at radius 3 is 2.79 bits per heavy atom. The molecule has 2 fully saturated rings. The summed E-state index contributed by atoms with van der Waals surface area (Å²) in [6.45, 7) is 4.16. The fraction of sp³-hybridized carbons (Fsp3) is 0.667. The van der Waals surface area contributed by atoms with Gasteiger partial charge in [0.25, 0.3) is 0 Å². The Labute approximate surface area is 191 Å². The van der Waals surface area contributed by atoms with Crippen molar-refractivity contribution >= 4 is 25.5 Å². The summed E-state index contributed by atoms with van der Waals surface area (Å²) in [7, 11) is -4.08. The fourth-order valence-electron chi connectivity index (χ4n) is 3.79. The molecule has 3 aliphatic rings. The largest absolute Gasteiger partial charge is 0.475 e. The van der Waals surface area contributed by atoms with Crippen LogP contribution in [0.5, 0.6) is 0 Å². The van der Waals surface area contributed by atoms with E-state index in [2.05, 4.69) is 5.92 Å². The van der Waals surface area contributed by atoms with Crippen LogP contribution in [-0.4, -0.2) is 72.0 Å². The summed E-state index contributed by atoms with van der Waals surface area (Å²) in [5, 5.41) is 9.44. The molecule has 1 unspecified atom stereocenters. The van der Waals surface area contributed by atoms with E-state index in [1.165, 1.54) is 17.2 Å². The highest BCUT2D eigenvalue weighted by molar-refractivity contribution is 7.48. The van der Waals surface area contributed by atoms with E-state index < -0.39 is 56.1 Å². The molecule has 0 aliphatic carbocycles. The highest BCUT2D eigenvalue weighted by Crippen LogP contribution is 2.59. The first kappa shape index (κ1) is 25.6. The number of ketones is 1. The van der Waals surface area contributed by atoms with Gasteiger partial charge in [-0.15, -0.1) is 6.42 Å². The molecule has 2 saturated heterocycles. The van der Waals surface area contributed by atoms with Gasteiger partial charge >= 0.3 is 13.8 Å². The van der Waals surface area contributed by atoms with E-state index in [-0.39, 0.29) is 37.9 Å². The van der Waals surface area contributed by atoms with Crippen LogP contribution in [0.4, 0.5) is 0 Å². The van der Waals surface area contributed by atoms with Crippen molar-refractivity contribution in [3.05, 3.63) is 12.3 Å². The standard InChI is InChI=1S/C21H28NO10P/c1-5-21(4)18-16(31-20(21)22-8-6-15(24)10-17(22)25)12-29-33(27,32-18)28-9-7-14(11-23)19(26)30-13(2)3/h1,6,8,13-14,16,18,20,23H,7,9-12H2,2-4H3/t14?,16-,18-,20-,21-,33+/m1/s1. The number of fused-ring (bicyclic) bond motifs is 1. The monoisotopic (exact) mass is 485 g/mol. The number of aliphatic hydroxyl groups is 1. The Balaban J connectivity index is 1.67. The molecule has 11 nitrogen and oxygen atoms in total. The summed E-state index contributed by atoms with van der Waals surface area (Å²) in [5.41, 5.74) is -1.22. The number of carbonyl (C=O) groups excluding carboxylic acids is 3. The number of carbonyl (C=O) groups is 3. The van der Waals surface area contributed by atoms with Crippen LogP contribution in [-0.2, 0) is 42.0 Å². The Kier molecular flexibility index (Phi) is 7.79. The Morgan fingerprint density at radius 1 is 1.45 bits per heavy atom. The second kappa shape index (κ2) is 10.1. The van der Waals surface area contributed by atoms with Gasteiger partial charge in [-0.05, 0) is 33.3 Å². The molecule has 0 aromatic heterocycles. The minimum Gasteiger partial charge on any atom is -0.463 e. The van der Waals surface area contributed by atoms with E-state index in [1.807, 2.05) is 0 Å². The lowest BCUT2D eigenvalue weighted by molar-refractivity contribution is -0.154. The zero-order chi connectivity index (χ0) is 24.4. The first-order valence-electron chi connectivity index (χ1n) is 10.6. The number of nitrogens with zero attached hydrogens (tertiary/aromatic N) is 1. The normalized spacial score (nSPS) is 34.8. The number of phosphoric acid groups is 1. The van der Waals surface area contributed by atoms with E-state index in [4.69, 9.17) is 29.5 Å². The highest BCUT2D eigenvalue weighted by Gasteiger charge is 2.61. The van der Waals surface area contributed by atoms with Crippen molar-refractivity contribution in [2.75, 3.05) is 19.8 Å². The number of aliphatic hydroxyl groups excluding tert-OH is 1. The summed E-state index contributed by atoms with van der Waals surface area (Å²) in [5.74, 6) is 0.331. The van der Waals surface area contributed by atoms with Gasteiger partial charge in [0.2, 0.25) is 5.91 Å². The molecule has 1 N–H and O–H groups in total. The number of esters is 1. The topological polar surface area (TPSA) is 138 Å². The number of rotatable bonds is 8. The number of allylic oxidation sites excluding steroid dienone is 1. The molecule has 0 spiro atoms. The van der Waals surface area contributed by atoms with Gasteiger partial charge in [-0.25, -0.2) is 4.57 Å². The number of phosphoric ester groups is 1. The van der Waals surface area contributed by atoms with Crippen molar-refractivity contribution in [2.24, 2.45) is 11.3 Å². The van der Waals surface area contributed by atoms with E-state index >= 15 is 0 Å². The predicted octanol–water partition coefficient (Wildman–Crippen LogP) is 1.16. The summed E-state index contributed by atoms with van der Waals surface area (Å²) in [4.78, 5) is 37.1. The van der Waals surface area contributed by atoms with Crippen molar-refractivity contribution in [2.45, 2.75) is 58.2 Å². The Bertz CT molecular complexity index is 911. The fourth-order valence-corrected chi connectivity index (χ4v) is 5.28. The zero-order valence-electron chi connectivity index (χ0n) is 18.7. The molecule has 0 aromatic carbocycles. The van der Waals surface area contributed by atoms with Crippen molar-refractivity contribution in [3.63, 3.8) is 0 Å². The molecule has 3 rings (SSSR count). The molecule has 33 heavy (non-hydrogen) atoms. The number of terminal acetylenes is 1. The molecule has 3 aliphatic heterocycles. The van der Waals surface area contributed by atoms with Crippen LogP contribution >= 0.6 is 7.82 Å². The van der Waals surface area contributed by atoms with Gasteiger partial charge in [-0.1, -0.05) is 5.92 Å². The maximum Gasteiger partial charge on any atom is 0.475 e. The van der Waals surface area contributed by atoms with Crippen LogP contribution in [0.3, 0.4) is 0 Å². The van der Waals surface area contributed by atoms with Crippen molar-refractivity contribution in [3.8, 4) is 12.3 Å². The number of ether oxygens (including phenoxy) is 2. The third kappa shape index (κ3) is 5.38. The average molecular weight is 485 g/mol. The molecule has 3 heterocycles. The third-order valence-corrected chi connectivity index (χ3v) is 7.05. The first-order chi connectivity index (χ1) is 15.5. The number of amides is 1. The summed E-state index contributed by atoms with van der Waals surface area (Å²) in [6.07, 6.45) is 5.10. The quantitative estimate of drug-likeness (QED) is 0.231. The highest BCUT2D eigenvalue weighted by atomic mass is 31.2. The van der Waals surface area contributed by atoms with Crippen molar-refractivity contribution in [1.29, 1.82) is 0 Å². The lowest BCUT2D eigenvalue weighted by Gasteiger charge is -2.37. The summed E-state index contributed by atoms with van der Waals surface area (Å²) in [6, 6.07) is 0. The van der Waals surface area contributed by atoms with E-state index in [1.54, 1.807) is 20.8 Å². The minimum atomic E-state index is -4.08. The average Bonchev–Trinajstić information content (AvgIpc) is 3.03. The van der Waals surface area contributed by atoms with E-state index in [0.717, 1.165) is 0 Å². The summed E-state index contributed by atoms with van der Waals surface area (Å²) >= 11 is 0. The van der Waals surface area contributed by atoms with Gasteiger partial charge in [0.15, 0.2) is 12.0 Å². The van der Waals surface area contributed by atoms with Crippen LogP contribution in [0.1, 0.15) is 33.6 Å². The van der Waals surface area contributed by atoms with E-state index in [9.17, 15) is 24.1 Å². The van der Waals surface area contributed by atoms with E-state index in [0.29, 0.717) is 0 Å². The van der Waals surface area contributed by atoms with Crippen LogP contribution in [0.2, 0.25) is 0 Å². The first-order valence-corrected chi connectivity index (χ1v) is 12.0. The van der Waals surface area contributed by atoms with Crippen molar-refractivity contribution < 1.29 is 47.1 Å². The van der Waals surface area contributed by atoms with Gasteiger partial charge in [0, 0.05) is 6.20 Å². The molecule has 1 amide bonds. The van der Waals surface area contributed by atoms with Crippen molar-refractivity contribution in [1.82, 2.24) is 4.90 Å². The second-order valence-electron chi connectivity index (χ2n) is 8.47. The van der Waals surface area contributed by atoms with Crippen LogP contribution < -0.4 is 0 Å². The smallest absolute Gasteiger partial charge is 0.463 e. The minimum absolute atomic E-state index is 0.0273. The lowest BCUT2D eigenvalue weighted by Crippen LogP contribution is -2.49. The Hall–Kier alpha value is -2.06. The van der Waals surface area contributed by atoms with Gasteiger partial charge in [0.05, 0.1) is 38.3 Å². The Morgan fingerprint density at radius 2 is 2.18 bits per heavy atom. The number of hydrogen-bond acceptors (Lipinski definition) is 10. The molecule has 0 saturated carbocycles. The second-order valence-corrected chi connectivity index (χ2v) is 10.1. The van der Waals surface area contributed by atoms with Gasteiger partial charge < -0.3 is 14.6 Å². The third-order valence-electron chi connectivity index (χ3n) is 5.60. The zero-order valence-corrected chi connectivity index (χ0v) is 19.6. The van der Waals surface area contributed by atoms with Gasteiger partial charge in [0.1, 0.15) is 17.6 Å². The lowest BCUT2D eigenvalue weighted by atomic mass is 9.82. The molecule has 0 radical (unpaired) electrons. The maximum absolute atomic E-state index is 13.1. The molecule has 12 heteroatoms. The molecule has 0 bridgehead atoms. The molecule has 182 valence electrons.